The van der Waals surface area contributed by atoms with Crippen LogP contribution in [-0.2, 0) is 4.79 Å². The summed E-state index contributed by atoms with van der Waals surface area (Å²) in [5.41, 5.74) is 6.32. The van der Waals surface area contributed by atoms with Gasteiger partial charge in [0.05, 0.1) is 0 Å². The second-order valence-electron chi connectivity index (χ2n) is 6.86. The first-order valence-corrected chi connectivity index (χ1v) is 8.68. The molecule has 5 nitrogen and oxygen atoms in total. The van der Waals surface area contributed by atoms with Gasteiger partial charge in [-0.2, -0.15) is 13.2 Å². The van der Waals surface area contributed by atoms with Crippen LogP contribution in [0.1, 0.15) is 48.9 Å². The van der Waals surface area contributed by atoms with Gasteiger partial charge >= 0.3 is 6.18 Å². The van der Waals surface area contributed by atoms with Crippen LogP contribution < -0.4 is 16.4 Å². The molecule has 0 aromatic heterocycles. The molecule has 2 rings (SSSR count). The smallest absolute Gasteiger partial charge is 0.343 e. The van der Waals surface area contributed by atoms with Crippen LogP contribution in [-0.4, -0.2) is 31.1 Å². The van der Waals surface area contributed by atoms with E-state index in [0.717, 1.165) is 25.7 Å². The van der Waals surface area contributed by atoms with Gasteiger partial charge in [-0.15, -0.1) is 12.4 Å². The normalized spacial score (nSPS) is 16.1. The predicted molar refractivity (Wildman–Crippen MR) is 99.9 cm³/mol. The molecule has 0 unspecified atom stereocenters. The SMILES string of the molecule is Cl.NCC1(CC(=O)Nc2ccc(C(=O)NCC(F)(F)F)cc2)CCCCC1. The Labute approximate surface area is 162 Å². The molecule has 152 valence electrons. The van der Waals surface area contributed by atoms with E-state index in [0.29, 0.717) is 18.7 Å². The zero-order chi connectivity index (χ0) is 19.2. The van der Waals surface area contributed by atoms with Crippen LogP contribution in [0.25, 0.3) is 0 Å². The van der Waals surface area contributed by atoms with Gasteiger partial charge in [0.25, 0.3) is 5.91 Å². The van der Waals surface area contributed by atoms with Crippen LogP contribution in [0.2, 0.25) is 0 Å². The van der Waals surface area contributed by atoms with Crippen LogP contribution in [0.3, 0.4) is 0 Å². The lowest BCUT2D eigenvalue weighted by molar-refractivity contribution is -0.123. The van der Waals surface area contributed by atoms with Crippen molar-refractivity contribution < 1.29 is 22.8 Å². The highest BCUT2D eigenvalue weighted by molar-refractivity contribution is 5.95. The summed E-state index contributed by atoms with van der Waals surface area (Å²) in [7, 11) is 0. The highest BCUT2D eigenvalue weighted by Crippen LogP contribution is 2.38. The zero-order valence-corrected chi connectivity index (χ0v) is 15.7. The van der Waals surface area contributed by atoms with E-state index in [1.165, 1.54) is 30.7 Å². The van der Waals surface area contributed by atoms with Crippen LogP contribution in [0.15, 0.2) is 24.3 Å². The number of hydrogen-bond donors (Lipinski definition) is 3. The molecule has 4 N–H and O–H groups in total. The van der Waals surface area contributed by atoms with E-state index < -0.39 is 18.6 Å². The van der Waals surface area contributed by atoms with Crippen molar-refractivity contribution in [3.63, 3.8) is 0 Å². The van der Waals surface area contributed by atoms with E-state index in [-0.39, 0.29) is 29.3 Å². The van der Waals surface area contributed by atoms with Crippen molar-refractivity contribution in [1.82, 2.24) is 5.32 Å². The minimum absolute atomic E-state index is 0. The van der Waals surface area contributed by atoms with Gasteiger partial charge in [-0.25, -0.2) is 0 Å². The van der Waals surface area contributed by atoms with Crippen LogP contribution >= 0.6 is 12.4 Å². The van der Waals surface area contributed by atoms with Gasteiger partial charge in [-0.1, -0.05) is 19.3 Å². The highest BCUT2D eigenvalue weighted by Gasteiger charge is 2.33. The molecule has 0 heterocycles. The number of rotatable bonds is 6. The molecular weight excluding hydrogens is 383 g/mol. The molecule has 1 aromatic carbocycles. The van der Waals surface area contributed by atoms with Crippen molar-refractivity contribution in [2.24, 2.45) is 11.1 Å². The zero-order valence-electron chi connectivity index (χ0n) is 14.9. The number of benzene rings is 1. The number of nitrogens with one attached hydrogen (secondary N) is 2. The summed E-state index contributed by atoms with van der Waals surface area (Å²) in [4.78, 5) is 24.0. The van der Waals surface area contributed by atoms with Gasteiger partial charge in [0.15, 0.2) is 0 Å². The molecule has 0 radical (unpaired) electrons. The molecular formula is C18H25ClF3N3O2. The number of nitrogens with two attached hydrogens (primary N) is 1. The van der Waals surface area contributed by atoms with Gasteiger partial charge in [-0.3, -0.25) is 9.59 Å². The first-order chi connectivity index (χ1) is 12.2. The van der Waals surface area contributed by atoms with Crippen molar-refractivity contribution in [1.29, 1.82) is 0 Å². The molecule has 0 spiro atoms. The summed E-state index contributed by atoms with van der Waals surface area (Å²) < 4.78 is 36.4. The first-order valence-electron chi connectivity index (χ1n) is 8.68. The lowest BCUT2D eigenvalue weighted by atomic mass is 9.71. The number of alkyl halides is 3. The lowest BCUT2D eigenvalue weighted by Gasteiger charge is -2.35. The van der Waals surface area contributed by atoms with E-state index >= 15 is 0 Å². The number of carbonyl (C=O) groups is 2. The van der Waals surface area contributed by atoms with Crippen LogP contribution in [0.5, 0.6) is 0 Å². The predicted octanol–water partition coefficient (Wildman–Crippen LogP) is 3.64. The Kier molecular flexibility index (Phi) is 8.56. The molecule has 0 atom stereocenters. The van der Waals surface area contributed by atoms with Crippen molar-refractivity contribution in [3.05, 3.63) is 29.8 Å². The number of carbonyl (C=O) groups excluding carboxylic acids is 2. The van der Waals surface area contributed by atoms with E-state index in [4.69, 9.17) is 5.73 Å². The van der Waals surface area contributed by atoms with Crippen molar-refractivity contribution >= 4 is 29.9 Å². The molecule has 1 saturated carbocycles. The molecule has 1 fully saturated rings. The third-order valence-electron chi connectivity index (χ3n) is 4.76. The van der Waals surface area contributed by atoms with Gasteiger partial charge < -0.3 is 16.4 Å². The Bertz CT molecular complexity index is 630. The number of anilines is 1. The Balaban J connectivity index is 0.00000364. The second-order valence-corrected chi connectivity index (χ2v) is 6.86. The quantitative estimate of drug-likeness (QED) is 0.673. The fraction of sp³-hybridized carbons (Fsp3) is 0.556. The van der Waals surface area contributed by atoms with Crippen molar-refractivity contribution in [3.8, 4) is 0 Å². The monoisotopic (exact) mass is 407 g/mol. The van der Waals surface area contributed by atoms with Gasteiger partial charge in [0, 0.05) is 17.7 Å². The number of halogens is 4. The largest absolute Gasteiger partial charge is 0.405 e. The molecule has 1 aliphatic carbocycles. The fourth-order valence-corrected chi connectivity index (χ4v) is 3.29. The summed E-state index contributed by atoms with van der Waals surface area (Å²) in [6, 6.07) is 5.74. The maximum atomic E-state index is 12.3. The maximum absolute atomic E-state index is 12.3. The molecule has 0 aliphatic heterocycles. The molecule has 1 aromatic rings. The van der Waals surface area contributed by atoms with Gasteiger partial charge in [0.2, 0.25) is 5.91 Å². The highest BCUT2D eigenvalue weighted by atomic mass is 35.5. The van der Waals surface area contributed by atoms with E-state index in [9.17, 15) is 22.8 Å². The summed E-state index contributed by atoms with van der Waals surface area (Å²) in [5, 5.41) is 4.57. The average Bonchev–Trinajstić information content (AvgIpc) is 2.60. The summed E-state index contributed by atoms with van der Waals surface area (Å²) in [6.45, 7) is -0.912. The van der Waals surface area contributed by atoms with E-state index in [2.05, 4.69) is 5.32 Å². The summed E-state index contributed by atoms with van der Waals surface area (Å²) >= 11 is 0. The Morgan fingerprint density at radius 1 is 1.07 bits per heavy atom. The van der Waals surface area contributed by atoms with Crippen LogP contribution in [0.4, 0.5) is 18.9 Å². The van der Waals surface area contributed by atoms with Crippen molar-refractivity contribution in [2.45, 2.75) is 44.7 Å². The summed E-state index contributed by atoms with van der Waals surface area (Å²) in [5.74, 6) is -0.962. The average molecular weight is 408 g/mol. The summed E-state index contributed by atoms with van der Waals surface area (Å²) in [6.07, 6.45) is 1.09. The maximum Gasteiger partial charge on any atom is 0.405 e. The van der Waals surface area contributed by atoms with Crippen LogP contribution in [0, 0.1) is 5.41 Å². The molecule has 0 bridgehead atoms. The fourth-order valence-electron chi connectivity index (χ4n) is 3.29. The molecule has 9 heteroatoms. The van der Waals surface area contributed by atoms with Gasteiger partial charge in [-0.05, 0) is 49.1 Å². The number of amides is 2. The number of hydrogen-bond acceptors (Lipinski definition) is 3. The minimum Gasteiger partial charge on any atom is -0.343 e. The second kappa shape index (κ2) is 9.94. The Morgan fingerprint density at radius 2 is 1.67 bits per heavy atom. The van der Waals surface area contributed by atoms with Gasteiger partial charge in [0.1, 0.15) is 6.54 Å². The molecule has 0 saturated heterocycles. The molecule has 2 amide bonds. The Morgan fingerprint density at radius 3 is 2.19 bits per heavy atom. The third kappa shape index (κ3) is 7.38. The molecule has 27 heavy (non-hydrogen) atoms. The third-order valence-corrected chi connectivity index (χ3v) is 4.76. The van der Waals surface area contributed by atoms with E-state index in [1.807, 2.05) is 0 Å². The standard InChI is InChI=1S/C18H24F3N3O2.ClH/c19-18(20,21)12-23-16(26)13-4-6-14(7-5-13)24-15(25)10-17(11-22)8-2-1-3-9-17;/h4-7H,1-3,8-12,22H2,(H,23,26)(H,24,25);1H. The van der Waals surface area contributed by atoms with E-state index in [1.54, 1.807) is 5.32 Å². The topological polar surface area (TPSA) is 84.2 Å². The molecule has 1 aliphatic rings. The first kappa shape index (κ1) is 23.2. The minimum atomic E-state index is -4.46. The lowest BCUT2D eigenvalue weighted by Crippen LogP contribution is -2.36. The van der Waals surface area contributed by atoms with Crippen molar-refractivity contribution in [2.75, 3.05) is 18.4 Å². The Hall–Kier alpha value is -1.80.